The molecule has 5 rings (SSSR count). The molecule has 1 saturated heterocycles. The molecule has 1 heterocycles. The van der Waals surface area contributed by atoms with Gasteiger partial charge in [0.2, 0.25) is 17.5 Å². The number of carbonyl (C=O) groups excluding carboxylic acids is 3. The third-order valence-electron chi connectivity index (χ3n) is 6.10. The number of rotatable bonds is 6. The lowest BCUT2D eigenvalue weighted by Crippen LogP contribution is -2.37. The Morgan fingerprint density at radius 1 is 0.818 bits per heavy atom. The van der Waals surface area contributed by atoms with E-state index in [9.17, 15) is 14.4 Å². The van der Waals surface area contributed by atoms with Gasteiger partial charge in [-0.15, -0.1) is 11.6 Å². The highest BCUT2D eigenvalue weighted by Crippen LogP contribution is 2.50. The molecule has 3 aromatic carbocycles. The summed E-state index contributed by atoms with van der Waals surface area (Å²) in [5.74, 6) is -1.49. The lowest BCUT2D eigenvalue weighted by Gasteiger charge is -2.23. The Bertz CT molecular complexity index is 1270. The number of hydrogen-bond donors (Lipinski definition) is 1. The zero-order valence-corrected chi connectivity index (χ0v) is 18.5. The number of ketones is 2. The number of amides is 1. The lowest BCUT2D eigenvalue weighted by atomic mass is 9.90. The summed E-state index contributed by atoms with van der Waals surface area (Å²) in [6.45, 7) is 0. The van der Waals surface area contributed by atoms with Crippen molar-refractivity contribution in [1.29, 1.82) is 0 Å². The van der Waals surface area contributed by atoms with Gasteiger partial charge in [0, 0.05) is 11.1 Å². The number of Topliss-reactive ketones (excluding diaryl/α,β-unsaturated/α-hetero) is 2. The molecule has 1 aliphatic carbocycles. The van der Waals surface area contributed by atoms with Crippen LogP contribution < -0.4 is 5.32 Å². The van der Waals surface area contributed by atoms with Gasteiger partial charge < -0.3 is 10.2 Å². The number of nitrogens with one attached hydrogen (secondary N) is 1. The maximum atomic E-state index is 13.7. The number of benzene rings is 3. The molecule has 1 amide bonds. The first-order valence-corrected chi connectivity index (χ1v) is 11.3. The second kappa shape index (κ2) is 8.68. The van der Waals surface area contributed by atoms with Crippen LogP contribution >= 0.6 is 11.6 Å². The van der Waals surface area contributed by atoms with Crippen molar-refractivity contribution in [2.75, 3.05) is 5.88 Å². The maximum Gasteiger partial charge on any atom is 0.239 e. The summed E-state index contributed by atoms with van der Waals surface area (Å²) in [6, 6.07) is 26.5. The number of allylic oxidation sites excluding steroid dienone is 2. The molecule has 0 unspecified atom stereocenters. The summed E-state index contributed by atoms with van der Waals surface area (Å²) in [6.07, 6.45) is 0.698. The fourth-order valence-electron chi connectivity index (χ4n) is 4.58. The number of carbonyl (C=O) groups is 3. The van der Waals surface area contributed by atoms with Crippen LogP contribution in [0.1, 0.15) is 37.9 Å². The van der Waals surface area contributed by atoms with E-state index >= 15 is 0 Å². The summed E-state index contributed by atoms with van der Waals surface area (Å²) in [7, 11) is 0. The molecule has 0 spiro atoms. The van der Waals surface area contributed by atoms with Gasteiger partial charge in [-0.2, -0.15) is 0 Å². The van der Waals surface area contributed by atoms with E-state index in [0.717, 1.165) is 11.1 Å². The van der Waals surface area contributed by atoms with Crippen molar-refractivity contribution >= 4 is 29.1 Å². The maximum absolute atomic E-state index is 13.7. The highest BCUT2D eigenvalue weighted by atomic mass is 35.5. The van der Waals surface area contributed by atoms with Crippen molar-refractivity contribution in [3.63, 3.8) is 0 Å². The summed E-state index contributed by atoms with van der Waals surface area (Å²) in [5, 5.41) is 2.61. The molecule has 2 aliphatic rings. The monoisotopic (exact) mass is 456 g/mol. The van der Waals surface area contributed by atoms with Gasteiger partial charge in [0.25, 0.3) is 0 Å². The van der Waals surface area contributed by atoms with Gasteiger partial charge in [-0.25, -0.2) is 0 Å². The van der Waals surface area contributed by atoms with Gasteiger partial charge in [-0.05, 0) is 17.5 Å². The van der Waals surface area contributed by atoms with Crippen LogP contribution in [-0.4, -0.2) is 34.3 Å². The van der Waals surface area contributed by atoms with Gasteiger partial charge in [0.1, 0.15) is 17.3 Å². The van der Waals surface area contributed by atoms with Gasteiger partial charge in [-0.1, -0.05) is 84.9 Å². The Kier molecular flexibility index (Phi) is 5.56. The molecule has 5 nitrogen and oxygen atoms in total. The average molecular weight is 457 g/mol. The minimum absolute atomic E-state index is 0.000780. The fraction of sp³-hybridized carbons (Fsp3) is 0.148. The van der Waals surface area contributed by atoms with Gasteiger partial charge in [0.15, 0.2) is 0 Å². The fourth-order valence-corrected chi connectivity index (χ4v) is 4.65. The van der Waals surface area contributed by atoms with E-state index in [1.54, 1.807) is 24.3 Å². The van der Waals surface area contributed by atoms with E-state index in [-0.39, 0.29) is 46.5 Å². The Morgan fingerprint density at radius 2 is 1.39 bits per heavy atom. The molecule has 0 aromatic heterocycles. The Hall–Kier alpha value is -3.70. The van der Waals surface area contributed by atoms with Crippen LogP contribution in [0.2, 0.25) is 0 Å². The standard InChI is InChI=1S/C27H21ClN2O3/c28-16-22(31)29-23-25(27(33)20-14-8-7-13-19(20)26(23)32)30-21(15-17-9-3-1-4-10-17)24(30)18-11-5-2-6-12-18/h1-14,21,24H,15-16H2,(H,29,31)/t21-,24+,30?/m1/s1. The first-order chi connectivity index (χ1) is 16.1. The van der Waals surface area contributed by atoms with Gasteiger partial charge >= 0.3 is 0 Å². The second-order valence-corrected chi connectivity index (χ2v) is 8.40. The van der Waals surface area contributed by atoms with Gasteiger partial charge in [-0.3, -0.25) is 14.4 Å². The second-order valence-electron chi connectivity index (χ2n) is 8.13. The number of alkyl halides is 1. The van der Waals surface area contributed by atoms with Crippen molar-refractivity contribution in [2.45, 2.75) is 18.5 Å². The molecule has 1 fully saturated rings. The van der Waals surface area contributed by atoms with E-state index in [1.165, 1.54) is 0 Å². The van der Waals surface area contributed by atoms with E-state index in [1.807, 2.05) is 65.6 Å². The number of fused-ring (bicyclic) bond motifs is 1. The van der Waals surface area contributed by atoms with E-state index < -0.39 is 5.91 Å². The summed E-state index contributed by atoms with van der Waals surface area (Å²) in [4.78, 5) is 41.2. The molecule has 164 valence electrons. The predicted octanol–water partition coefficient (Wildman–Crippen LogP) is 4.30. The van der Waals surface area contributed by atoms with Crippen LogP contribution in [0.25, 0.3) is 0 Å². The van der Waals surface area contributed by atoms with E-state index in [0.29, 0.717) is 12.0 Å². The van der Waals surface area contributed by atoms with Crippen molar-refractivity contribution in [2.24, 2.45) is 0 Å². The quantitative estimate of drug-likeness (QED) is 0.443. The number of halogens is 1. The molecular weight excluding hydrogens is 436 g/mol. The molecule has 2 atom stereocenters. The smallest absolute Gasteiger partial charge is 0.239 e. The molecule has 1 N–H and O–H groups in total. The van der Waals surface area contributed by atoms with Crippen LogP contribution in [0.4, 0.5) is 0 Å². The Labute approximate surface area is 196 Å². The zero-order valence-electron chi connectivity index (χ0n) is 17.7. The molecular formula is C27H21ClN2O3. The molecule has 33 heavy (non-hydrogen) atoms. The van der Waals surface area contributed by atoms with Gasteiger partial charge in [0.05, 0.1) is 12.1 Å². The third kappa shape index (κ3) is 3.85. The Morgan fingerprint density at radius 3 is 2.03 bits per heavy atom. The van der Waals surface area contributed by atoms with Crippen molar-refractivity contribution in [3.8, 4) is 0 Å². The van der Waals surface area contributed by atoms with Crippen molar-refractivity contribution in [1.82, 2.24) is 10.2 Å². The van der Waals surface area contributed by atoms with Crippen LogP contribution in [0.15, 0.2) is 96.3 Å². The van der Waals surface area contributed by atoms with Crippen LogP contribution in [0.5, 0.6) is 0 Å². The highest BCUT2D eigenvalue weighted by molar-refractivity contribution is 6.30. The topological polar surface area (TPSA) is 66.2 Å². The van der Waals surface area contributed by atoms with Crippen LogP contribution in [0, 0.1) is 0 Å². The first kappa shape index (κ1) is 21.2. The van der Waals surface area contributed by atoms with Crippen LogP contribution in [-0.2, 0) is 11.2 Å². The third-order valence-corrected chi connectivity index (χ3v) is 6.34. The zero-order chi connectivity index (χ0) is 22.9. The van der Waals surface area contributed by atoms with Crippen molar-refractivity contribution in [3.05, 3.63) is 119 Å². The predicted molar refractivity (Wildman–Crippen MR) is 126 cm³/mol. The summed E-state index contributed by atoms with van der Waals surface area (Å²) < 4.78 is 0. The Balaban J connectivity index is 1.62. The van der Waals surface area contributed by atoms with Crippen LogP contribution in [0.3, 0.4) is 0 Å². The minimum Gasteiger partial charge on any atom is -0.352 e. The van der Waals surface area contributed by atoms with Crippen molar-refractivity contribution < 1.29 is 14.4 Å². The van der Waals surface area contributed by atoms with E-state index in [2.05, 4.69) is 5.32 Å². The highest BCUT2D eigenvalue weighted by Gasteiger charge is 2.53. The normalized spacial score (nSPS) is 19.4. The summed E-state index contributed by atoms with van der Waals surface area (Å²) in [5.41, 5.74) is 3.04. The largest absolute Gasteiger partial charge is 0.352 e. The minimum atomic E-state index is -0.526. The molecule has 3 aromatic rings. The first-order valence-electron chi connectivity index (χ1n) is 10.8. The number of nitrogens with zero attached hydrogens (tertiary/aromatic N) is 1. The average Bonchev–Trinajstić information content (AvgIpc) is 3.56. The molecule has 0 saturated carbocycles. The number of hydrogen-bond acceptors (Lipinski definition) is 4. The lowest BCUT2D eigenvalue weighted by molar-refractivity contribution is -0.118. The summed E-state index contributed by atoms with van der Waals surface area (Å²) >= 11 is 5.71. The molecule has 0 bridgehead atoms. The van der Waals surface area contributed by atoms with E-state index in [4.69, 9.17) is 11.6 Å². The molecule has 6 heteroatoms. The molecule has 0 radical (unpaired) electrons. The molecule has 1 aliphatic heterocycles. The SMILES string of the molecule is O=C(CCl)NC1=C(N2[C@H](Cc3ccccc3)[C@@H]2c2ccccc2)C(=O)c2ccccc2C1=O.